The second-order valence-corrected chi connectivity index (χ2v) is 10.0. The molecule has 0 atom stereocenters. The van der Waals surface area contributed by atoms with E-state index < -0.39 is 15.9 Å². The monoisotopic (exact) mass is 506 g/mol. The number of aryl methyl sites for hydroxylation is 2. The molecular weight excluding hydrogens is 488 g/mol. The van der Waals surface area contributed by atoms with E-state index in [4.69, 9.17) is 11.6 Å². The highest BCUT2D eigenvalue weighted by atomic mass is 79.9. The Bertz CT molecular complexity index is 1160. The lowest BCUT2D eigenvalue weighted by atomic mass is 10.2. The first-order chi connectivity index (χ1) is 14.2. The summed E-state index contributed by atoms with van der Waals surface area (Å²) in [6.45, 7) is 3.25. The number of nitrogens with zero attached hydrogens (tertiary/aromatic N) is 1. The predicted octanol–water partition coefficient (Wildman–Crippen LogP) is 5.55. The van der Waals surface area contributed by atoms with Crippen molar-refractivity contribution in [2.45, 2.75) is 18.7 Å². The number of carbonyl (C=O) groups excluding carboxylic acids is 1. The van der Waals surface area contributed by atoms with Gasteiger partial charge < -0.3 is 5.32 Å². The molecule has 3 aromatic carbocycles. The normalized spacial score (nSPS) is 11.2. The van der Waals surface area contributed by atoms with Crippen molar-refractivity contribution in [1.82, 2.24) is 0 Å². The van der Waals surface area contributed by atoms with E-state index in [1.165, 1.54) is 12.1 Å². The van der Waals surface area contributed by atoms with Crippen molar-refractivity contribution in [1.29, 1.82) is 0 Å². The molecule has 3 rings (SSSR count). The average Bonchev–Trinajstić information content (AvgIpc) is 2.69. The van der Waals surface area contributed by atoms with Gasteiger partial charge in [-0.15, -0.1) is 0 Å². The minimum absolute atomic E-state index is 0.110. The van der Waals surface area contributed by atoms with Gasteiger partial charge in [-0.1, -0.05) is 45.2 Å². The van der Waals surface area contributed by atoms with Crippen molar-refractivity contribution in [3.05, 3.63) is 87.4 Å². The Kier molecular flexibility index (Phi) is 6.85. The number of carbonyl (C=O) groups is 1. The molecule has 0 aliphatic heterocycles. The van der Waals surface area contributed by atoms with Crippen LogP contribution in [-0.4, -0.2) is 20.9 Å². The first-order valence-electron chi connectivity index (χ1n) is 9.08. The zero-order chi connectivity index (χ0) is 21.9. The Morgan fingerprint density at radius 1 is 1.00 bits per heavy atom. The van der Waals surface area contributed by atoms with Gasteiger partial charge in [-0.05, 0) is 74.0 Å². The summed E-state index contributed by atoms with van der Waals surface area (Å²) in [5, 5.41) is 3.23. The van der Waals surface area contributed by atoms with Gasteiger partial charge in [0.25, 0.3) is 10.0 Å². The van der Waals surface area contributed by atoms with Crippen molar-refractivity contribution < 1.29 is 13.2 Å². The summed E-state index contributed by atoms with van der Waals surface area (Å²) in [5.74, 6) is -0.456. The summed E-state index contributed by atoms with van der Waals surface area (Å²) in [4.78, 5) is 12.8. The van der Waals surface area contributed by atoms with Crippen molar-refractivity contribution in [3.63, 3.8) is 0 Å². The second-order valence-electron chi connectivity index (χ2n) is 6.81. The van der Waals surface area contributed by atoms with Crippen molar-refractivity contribution in [2.75, 3.05) is 16.2 Å². The number of halogens is 2. The highest BCUT2D eigenvalue weighted by Gasteiger charge is 2.28. The molecule has 0 saturated heterocycles. The Hall–Kier alpha value is -2.35. The molecule has 0 aliphatic carbocycles. The van der Waals surface area contributed by atoms with Crippen LogP contribution in [0.5, 0.6) is 0 Å². The molecule has 0 fully saturated rings. The summed E-state index contributed by atoms with van der Waals surface area (Å²) < 4.78 is 28.8. The highest BCUT2D eigenvalue weighted by Crippen LogP contribution is 2.29. The van der Waals surface area contributed by atoms with Gasteiger partial charge in [0.15, 0.2) is 0 Å². The molecule has 1 amide bonds. The Labute approximate surface area is 189 Å². The third-order valence-corrected chi connectivity index (χ3v) is 6.99. The molecule has 0 saturated carbocycles. The molecular formula is C22H20BrClN2O3S. The standard InChI is InChI=1S/C22H20BrClN2O3S/c1-15-3-10-20(11-4-15)30(28,29)26(21-12-7-18(24)13-16(21)2)14-22(27)25-19-8-5-17(23)6-9-19/h3-13H,14H2,1-2H3,(H,25,27). The lowest BCUT2D eigenvalue weighted by molar-refractivity contribution is -0.114. The van der Waals surface area contributed by atoms with Gasteiger partial charge in [-0.3, -0.25) is 9.10 Å². The number of sulfonamides is 1. The van der Waals surface area contributed by atoms with Crippen LogP contribution in [-0.2, 0) is 14.8 Å². The third-order valence-electron chi connectivity index (χ3n) is 4.45. The smallest absolute Gasteiger partial charge is 0.264 e. The first kappa shape index (κ1) is 22.3. The maximum absolute atomic E-state index is 13.4. The zero-order valence-corrected chi connectivity index (χ0v) is 19.6. The average molecular weight is 508 g/mol. The molecule has 1 N–H and O–H groups in total. The fourth-order valence-electron chi connectivity index (χ4n) is 2.90. The van der Waals surface area contributed by atoms with Crippen LogP contribution in [0.4, 0.5) is 11.4 Å². The Morgan fingerprint density at radius 2 is 1.63 bits per heavy atom. The second kappa shape index (κ2) is 9.20. The lowest BCUT2D eigenvalue weighted by Gasteiger charge is -2.26. The van der Waals surface area contributed by atoms with E-state index in [1.54, 1.807) is 61.5 Å². The van der Waals surface area contributed by atoms with Crippen LogP contribution < -0.4 is 9.62 Å². The number of hydrogen-bond donors (Lipinski definition) is 1. The minimum atomic E-state index is -3.98. The number of rotatable bonds is 6. The van der Waals surface area contributed by atoms with Crippen molar-refractivity contribution >= 4 is 54.8 Å². The Morgan fingerprint density at radius 3 is 2.23 bits per heavy atom. The first-order valence-corrected chi connectivity index (χ1v) is 11.7. The van der Waals surface area contributed by atoms with Gasteiger partial charge >= 0.3 is 0 Å². The minimum Gasteiger partial charge on any atom is -0.325 e. The summed E-state index contributed by atoms with van der Waals surface area (Å²) in [6, 6.07) is 18.4. The maximum atomic E-state index is 13.4. The zero-order valence-electron chi connectivity index (χ0n) is 16.4. The number of hydrogen-bond acceptors (Lipinski definition) is 3. The largest absolute Gasteiger partial charge is 0.325 e. The Balaban J connectivity index is 1.97. The quantitative estimate of drug-likeness (QED) is 0.475. The molecule has 3 aromatic rings. The van der Waals surface area contributed by atoms with Crippen molar-refractivity contribution in [2.24, 2.45) is 0 Å². The van der Waals surface area contributed by atoms with Gasteiger partial charge in [0.05, 0.1) is 10.6 Å². The lowest BCUT2D eigenvalue weighted by Crippen LogP contribution is -2.38. The van der Waals surface area contributed by atoms with E-state index in [0.717, 1.165) is 14.3 Å². The molecule has 0 bridgehead atoms. The summed E-state index contributed by atoms with van der Waals surface area (Å²) in [6.07, 6.45) is 0. The van der Waals surface area contributed by atoms with Crippen LogP contribution in [0.15, 0.2) is 76.1 Å². The van der Waals surface area contributed by atoms with E-state index in [1.807, 2.05) is 6.92 Å². The van der Waals surface area contributed by atoms with Crippen LogP contribution in [0.2, 0.25) is 5.02 Å². The van der Waals surface area contributed by atoms with Crippen LogP contribution in [0.25, 0.3) is 0 Å². The molecule has 0 radical (unpaired) electrons. The number of amides is 1. The van der Waals surface area contributed by atoms with E-state index in [2.05, 4.69) is 21.2 Å². The van der Waals surface area contributed by atoms with Gasteiger partial charge in [0, 0.05) is 15.2 Å². The predicted molar refractivity (Wildman–Crippen MR) is 125 cm³/mol. The van der Waals surface area contributed by atoms with Crippen LogP contribution in [0.1, 0.15) is 11.1 Å². The third kappa shape index (κ3) is 5.22. The molecule has 0 aromatic heterocycles. The molecule has 0 spiro atoms. The molecule has 0 aliphatic rings. The number of benzene rings is 3. The van der Waals surface area contributed by atoms with Crippen molar-refractivity contribution in [3.8, 4) is 0 Å². The van der Waals surface area contributed by atoms with Gasteiger partial charge in [0.1, 0.15) is 6.54 Å². The van der Waals surface area contributed by atoms with E-state index in [-0.39, 0.29) is 11.4 Å². The number of anilines is 2. The van der Waals surface area contributed by atoms with Gasteiger partial charge in [-0.2, -0.15) is 0 Å². The highest BCUT2D eigenvalue weighted by molar-refractivity contribution is 9.10. The van der Waals surface area contributed by atoms with Crippen LogP contribution >= 0.6 is 27.5 Å². The van der Waals surface area contributed by atoms with E-state index >= 15 is 0 Å². The molecule has 156 valence electrons. The molecule has 0 heterocycles. The van der Waals surface area contributed by atoms with Crippen LogP contribution in [0.3, 0.4) is 0 Å². The number of nitrogens with one attached hydrogen (secondary N) is 1. The fraction of sp³-hybridized carbons (Fsp3) is 0.136. The molecule has 5 nitrogen and oxygen atoms in total. The van der Waals surface area contributed by atoms with Crippen LogP contribution in [0, 0.1) is 13.8 Å². The topological polar surface area (TPSA) is 66.5 Å². The van der Waals surface area contributed by atoms with E-state index in [9.17, 15) is 13.2 Å². The van der Waals surface area contributed by atoms with Gasteiger partial charge in [0.2, 0.25) is 5.91 Å². The summed E-state index contributed by atoms with van der Waals surface area (Å²) >= 11 is 9.39. The molecule has 30 heavy (non-hydrogen) atoms. The van der Waals surface area contributed by atoms with E-state index in [0.29, 0.717) is 22.0 Å². The molecule has 0 unspecified atom stereocenters. The summed E-state index contributed by atoms with van der Waals surface area (Å²) in [7, 11) is -3.98. The van der Waals surface area contributed by atoms with Gasteiger partial charge in [-0.25, -0.2) is 8.42 Å². The fourth-order valence-corrected chi connectivity index (χ4v) is 4.88. The molecule has 8 heteroatoms. The SMILES string of the molecule is Cc1ccc(S(=O)(=O)N(CC(=O)Nc2ccc(Br)cc2)c2ccc(Cl)cc2C)cc1. The summed E-state index contributed by atoms with van der Waals surface area (Å²) in [5.41, 5.74) is 2.56. The maximum Gasteiger partial charge on any atom is 0.264 e.